The Balaban J connectivity index is 2.14. The first kappa shape index (κ1) is 17.1. The molecule has 2 aliphatic heterocycles. The van der Waals surface area contributed by atoms with E-state index in [0.29, 0.717) is 26.1 Å². The lowest BCUT2D eigenvalue weighted by atomic mass is 10.2. The van der Waals surface area contributed by atoms with Crippen molar-refractivity contribution in [1.82, 2.24) is 13.5 Å². The van der Waals surface area contributed by atoms with Crippen LogP contribution in [0.3, 0.4) is 0 Å². The van der Waals surface area contributed by atoms with Gasteiger partial charge in [-0.25, -0.2) is 0 Å². The number of carbonyl (C=O) groups is 1. The molecule has 0 aromatic heterocycles. The number of amides is 1. The molecule has 2 saturated heterocycles. The van der Waals surface area contributed by atoms with Gasteiger partial charge in [-0.3, -0.25) is 4.79 Å². The SMILES string of the molecule is CCN(CC)S(=O)(=O)N1CCC[C@H]1C(=O)N1CCSCC1. The number of nitrogens with zero attached hydrogens (tertiary/aromatic N) is 3. The summed E-state index contributed by atoms with van der Waals surface area (Å²) in [4.78, 5) is 14.5. The Kier molecular flexibility index (Phi) is 5.93. The topological polar surface area (TPSA) is 60.9 Å². The molecule has 2 fully saturated rings. The average Bonchev–Trinajstić information content (AvgIpc) is 2.98. The number of hydrogen-bond donors (Lipinski definition) is 0. The van der Waals surface area contributed by atoms with E-state index >= 15 is 0 Å². The fraction of sp³-hybridized carbons (Fsp3) is 0.923. The maximum Gasteiger partial charge on any atom is 0.282 e. The monoisotopic (exact) mass is 335 g/mol. The molecule has 122 valence electrons. The van der Waals surface area contributed by atoms with Gasteiger partial charge in [-0.2, -0.15) is 28.8 Å². The van der Waals surface area contributed by atoms with Crippen molar-refractivity contribution < 1.29 is 13.2 Å². The molecule has 2 aliphatic rings. The highest BCUT2D eigenvalue weighted by molar-refractivity contribution is 7.99. The van der Waals surface area contributed by atoms with Gasteiger partial charge in [0.05, 0.1) is 0 Å². The van der Waals surface area contributed by atoms with Crippen LogP contribution >= 0.6 is 11.8 Å². The molecule has 0 radical (unpaired) electrons. The molecular weight excluding hydrogens is 310 g/mol. The van der Waals surface area contributed by atoms with Crippen LogP contribution in [0.25, 0.3) is 0 Å². The van der Waals surface area contributed by atoms with E-state index in [0.717, 1.165) is 31.0 Å². The molecule has 0 bridgehead atoms. The van der Waals surface area contributed by atoms with Crippen LogP contribution in [-0.4, -0.2) is 78.1 Å². The minimum absolute atomic E-state index is 0.0106. The molecule has 0 unspecified atom stereocenters. The van der Waals surface area contributed by atoms with Crippen LogP contribution < -0.4 is 0 Å². The molecule has 0 spiro atoms. The number of thioether (sulfide) groups is 1. The fourth-order valence-electron chi connectivity index (χ4n) is 2.96. The van der Waals surface area contributed by atoms with Gasteiger partial charge in [-0.15, -0.1) is 0 Å². The Morgan fingerprint density at radius 2 is 1.81 bits per heavy atom. The highest BCUT2D eigenvalue weighted by Crippen LogP contribution is 2.25. The Morgan fingerprint density at radius 3 is 2.38 bits per heavy atom. The first-order valence-electron chi connectivity index (χ1n) is 7.65. The zero-order chi connectivity index (χ0) is 15.5. The standard InChI is InChI=1S/C13H25N3O3S2/c1-3-15(4-2)21(18,19)16-7-5-6-12(16)13(17)14-8-10-20-11-9-14/h12H,3-11H2,1-2H3/t12-/m0/s1. The van der Waals surface area contributed by atoms with Crippen molar-refractivity contribution in [2.45, 2.75) is 32.7 Å². The summed E-state index contributed by atoms with van der Waals surface area (Å²) in [5.74, 6) is 1.88. The number of carbonyl (C=O) groups excluding carboxylic acids is 1. The zero-order valence-corrected chi connectivity index (χ0v) is 14.5. The maximum atomic E-state index is 12.7. The van der Waals surface area contributed by atoms with E-state index in [9.17, 15) is 13.2 Å². The molecule has 0 aromatic rings. The van der Waals surface area contributed by atoms with E-state index in [2.05, 4.69) is 0 Å². The molecule has 2 heterocycles. The van der Waals surface area contributed by atoms with Crippen molar-refractivity contribution in [2.75, 3.05) is 44.2 Å². The van der Waals surface area contributed by atoms with E-state index in [1.165, 1.54) is 8.61 Å². The number of hydrogen-bond acceptors (Lipinski definition) is 4. The van der Waals surface area contributed by atoms with Crippen molar-refractivity contribution in [2.24, 2.45) is 0 Å². The minimum Gasteiger partial charge on any atom is -0.340 e. The third-order valence-electron chi connectivity index (χ3n) is 4.14. The molecule has 1 atom stereocenters. The lowest BCUT2D eigenvalue weighted by Crippen LogP contribution is -2.53. The average molecular weight is 335 g/mol. The van der Waals surface area contributed by atoms with Crippen LogP contribution in [0.15, 0.2) is 0 Å². The van der Waals surface area contributed by atoms with Crippen LogP contribution in [0.4, 0.5) is 0 Å². The predicted octanol–water partition coefficient (Wildman–Crippen LogP) is 0.613. The third-order valence-corrected chi connectivity index (χ3v) is 7.28. The first-order valence-corrected chi connectivity index (χ1v) is 10.2. The van der Waals surface area contributed by atoms with Gasteiger partial charge in [0, 0.05) is 44.2 Å². The summed E-state index contributed by atoms with van der Waals surface area (Å²) in [6.07, 6.45) is 1.41. The van der Waals surface area contributed by atoms with E-state index in [1.807, 2.05) is 30.5 Å². The minimum atomic E-state index is -3.52. The fourth-order valence-corrected chi connectivity index (χ4v) is 5.69. The van der Waals surface area contributed by atoms with Gasteiger partial charge in [-0.05, 0) is 12.8 Å². The van der Waals surface area contributed by atoms with Gasteiger partial charge in [0.25, 0.3) is 10.2 Å². The van der Waals surface area contributed by atoms with Crippen LogP contribution in [0.1, 0.15) is 26.7 Å². The summed E-state index contributed by atoms with van der Waals surface area (Å²) < 4.78 is 28.2. The molecule has 0 saturated carbocycles. The van der Waals surface area contributed by atoms with Gasteiger partial charge in [0.1, 0.15) is 6.04 Å². The summed E-state index contributed by atoms with van der Waals surface area (Å²) in [7, 11) is -3.52. The second kappa shape index (κ2) is 7.30. The molecule has 0 aromatic carbocycles. The van der Waals surface area contributed by atoms with Crippen LogP contribution in [0.5, 0.6) is 0 Å². The first-order chi connectivity index (χ1) is 10.0. The maximum absolute atomic E-state index is 12.7. The van der Waals surface area contributed by atoms with Gasteiger partial charge in [0.2, 0.25) is 5.91 Å². The summed E-state index contributed by atoms with van der Waals surface area (Å²) in [6, 6.07) is -0.501. The highest BCUT2D eigenvalue weighted by atomic mass is 32.2. The Bertz CT molecular complexity index is 459. The van der Waals surface area contributed by atoms with Crippen LogP contribution in [0.2, 0.25) is 0 Å². The molecule has 2 rings (SSSR count). The molecule has 21 heavy (non-hydrogen) atoms. The number of rotatable bonds is 5. The van der Waals surface area contributed by atoms with Crippen molar-refractivity contribution in [3.63, 3.8) is 0 Å². The quantitative estimate of drug-likeness (QED) is 0.739. The Morgan fingerprint density at radius 1 is 1.19 bits per heavy atom. The molecular formula is C13H25N3O3S2. The Labute approximate surface area is 132 Å². The second-order valence-corrected chi connectivity index (χ2v) is 8.40. The molecule has 8 heteroatoms. The van der Waals surface area contributed by atoms with E-state index < -0.39 is 16.3 Å². The summed E-state index contributed by atoms with van der Waals surface area (Å²) >= 11 is 1.84. The molecule has 6 nitrogen and oxygen atoms in total. The van der Waals surface area contributed by atoms with Crippen molar-refractivity contribution in [3.8, 4) is 0 Å². The summed E-state index contributed by atoms with van der Waals surface area (Å²) in [5, 5.41) is 0. The summed E-state index contributed by atoms with van der Waals surface area (Å²) in [5.41, 5.74) is 0. The van der Waals surface area contributed by atoms with Crippen LogP contribution in [-0.2, 0) is 15.0 Å². The van der Waals surface area contributed by atoms with Gasteiger partial charge >= 0.3 is 0 Å². The van der Waals surface area contributed by atoms with E-state index in [4.69, 9.17) is 0 Å². The van der Waals surface area contributed by atoms with Gasteiger partial charge in [0.15, 0.2) is 0 Å². The van der Waals surface area contributed by atoms with Gasteiger partial charge in [-0.1, -0.05) is 13.8 Å². The third kappa shape index (κ3) is 3.55. The normalized spacial score (nSPS) is 24.7. The lowest BCUT2D eigenvalue weighted by molar-refractivity contribution is -0.134. The Hall–Kier alpha value is -0.310. The van der Waals surface area contributed by atoms with Crippen molar-refractivity contribution >= 4 is 27.9 Å². The van der Waals surface area contributed by atoms with E-state index in [-0.39, 0.29) is 5.91 Å². The van der Waals surface area contributed by atoms with Crippen molar-refractivity contribution in [3.05, 3.63) is 0 Å². The largest absolute Gasteiger partial charge is 0.340 e. The second-order valence-electron chi connectivity index (χ2n) is 5.30. The van der Waals surface area contributed by atoms with Crippen LogP contribution in [0, 0.1) is 0 Å². The smallest absolute Gasteiger partial charge is 0.282 e. The summed E-state index contributed by atoms with van der Waals surface area (Å²) in [6.45, 7) is 6.47. The lowest BCUT2D eigenvalue weighted by Gasteiger charge is -2.33. The molecule has 0 N–H and O–H groups in total. The zero-order valence-electron chi connectivity index (χ0n) is 12.8. The molecule has 0 aliphatic carbocycles. The van der Waals surface area contributed by atoms with E-state index in [1.54, 1.807) is 0 Å². The predicted molar refractivity (Wildman–Crippen MR) is 85.5 cm³/mol. The highest BCUT2D eigenvalue weighted by Gasteiger charge is 2.42. The van der Waals surface area contributed by atoms with Gasteiger partial charge < -0.3 is 4.90 Å². The molecule has 1 amide bonds. The van der Waals surface area contributed by atoms with Crippen molar-refractivity contribution in [1.29, 1.82) is 0 Å².